The molecule has 0 bridgehead atoms. The molecule has 3 aliphatic heterocycles. The van der Waals surface area contributed by atoms with Crippen molar-refractivity contribution in [3.8, 4) is 12.3 Å². The van der Waals surface area contributed by atoms with Crippen molar-refractivity contribution in [2.75, 3.05) is 32.7 Å². The first kappa shape index (κ1) is 22.3. The van der Waals surface area contributed by atoms with Crippen LogP contribution in [0.5, 0.6) is 0 Å². The molecule has 3 heterocycles. The quantitative estimate of drug-likeness (QED) is 0.386. The highest BCUT2D eigenvalue weighted by molar-refractivity contribution is 6.26. The predicted octanol–water partition coefficient (Wildman–Crippen LogP) is -0.256. The van der Waals surface area contributed by atoms with Gasteiger partial charge in [0, 0.05) is 38.2 Å². The number of likely N-dealkylation sites (tertiary alicyclic amines) is 1. The molecule has 1 unspecified atom stereocenters. The van der Waals surface area contributed by atoms with Gasteiger partial charge in [-0.2, -0.15) is 0 Å². The van der Waals surface area contributed by atoms with E-state index in [1.54, 1.807) is 19.1 Å². The second kappa shape index (κ2) is 10.5. The molecule has 3 aliphatic rings. The van der Waals surface area contributed by atoms with Gasteiger partial charge in [0.15, 0.2) is 0 Å². The molecular formula is C21H26N4O4. The standard InChI is InChI=1S/C14H14N2O4.C7H12N2/c1-3-4-5-9-8(2)13(19)16(14(9)20)10-6-7-11(17)15-12(10)18;1-2-5-9-6-3-8-4-7-9/h3-5,10H,2,6-7H2,1H3,(H,15,17,18);1,8H,3-7H2/b4-3-,9-5+;. The summed E-state index contributed by atoms with van der Waals surface area (Å²) in [7, 11) is 0. The van der Waals surface area contributed by atoms with E-state index in [-0.39, 0.29) is 24.0 Å². The van der Waals surface area contributed by atoms with Crippen LogP contribution in [0.15, 0.2) is 36.0 Å². The zero-order chi connectivity index (χ0) is 21.4. The summed E-state index contributed by atoms with van der Waals surface area (Å²) in [5, 5.41) is 5.40. The summed E-state index contributed by atoms with van der Waals surface area (Å²) < 4.78 is 0. The SMILES string of the molecule is C#CCN1CCNCC1.C=C1C(=O)N(C2CCC(=O)NC2=O)C(=O)/C1=C/C=C\C. The topological polar surface area (TPSA) is 98.8 Å². The number of hydrogen-bond acceptors (Lipinski definition) is 6. The van der Waals surface area contributed by atoms with Crippen LogP contribution in [0.1, 0.15) is 19.8 Å². The van der Waals surface area contributed by atoms with E-state index in [0.717, 1.165) is 37.6 Å². The summed E-state index contributed by atoms with van der Waals surface area (Å²) >= 11 is 0. The Hall–Kier alpha value is -3.02. The molecule has 0 aromatic heterocycles. The van der Waals surface area contributed by atoms with Crippen LogP contribution in [0.4, 0.5) is 0 Å². The molecule has 0 spiro atoms. The molecule has 0 radical (unpaired) electrons. The van der Waals surface area contributed by atoms with Gasteiger partial charge in [-0.15, -0.1) is 6.42 Å². The van der Waals surface area contributed by atoms with Gasteiger partial charge in [0.05, 0.1) is 12.1 Å². The van der Waals surface area contributed by atoms with E-state index < -0.39 is 29.7 Å². The van der Waals surface area contributed by atoms with Crippen LogP contribution in [0.25, 0.3) is 0 Å². The minimum Gasteiger partial charge on any atom is -0.314 e. The van der Waals surface area contributed by atoms with Gasteiger partial charge in [0.2, 0.25) is 11.8 Å². The lowest BCUT2D eigenvalue weighted by Gasteiger charge is -2.27. The molecule has 0 aliphatic carbocycles. The third kappa shape index (κ3) is 5.50. The number of allylic oxidation sites excluding steroid dienone is 3. The Morgan fingerprint density at radius 3 is 2.48 bits per heavy atom. The molecule has 2 N–H and O–H groups in total. The van der Waals surface area contributed by atoms with Crippen molar-refractivity contribution in [2.24, 2.45) is 0 Å². The van der Waals surface area contributed by atoms with Crippen molar-refractivity contribution < 1.29 is 19.2 Å². The maximum Gasteiger partial charge on any atom is 0.262 e. The lowest BCUT2D eigenvalue weighted by Crippen LogP contribution is -2.54. The first-order chi connectivity index (χ1) is 13.9. The summed E-state index contributed by atoms with van der Waals surface area (Å²) in [6.07, 6.45) is 10.2. The van der Waals surface area contributed by atoms with Crippen LogP contribution < -0.4 is 10.6 Å². The number of terminal acetylenes is 1. The number of rotatable bonds is 3. The number of imide groups is 2. The number of nitrogens with zero attached hydrogens (tertiary/aromatic N) is 2. The number of piperidine rings is 1. The molecule has 8 heteroatoms. The zero-order valence-electron chi connectivity index (χ0n) is 16.6. The van der Waals surface area contributed by atoms with E-state index in [1.807, 2.05) is 0 Å². The summed E-state index contributed by atoms with van der Waals surface area (Å²) in [4.78, 5) is 50.4. The number of piperazine rings is 1. The minimum absolute atomic E-state index is 0.0674. The highest BCUT2D eigenvalue weighted by Gasteiger charge is 2.45. The van der Waals surface area contributed by atoms with Crippen LogP contribution in [-0.2, 0) is 19.2 Å². The Kier molecular flexibility index (Phi) is 8.07. The van der Waals surface area contributed by atoms with E-state index in [1.165, 1.54) is 6.08 Å². The van der Waals surface area contributed by atoms with E-state index in [2.05, 4.69) is 28.0 Å². The second-order valence-corrected chi connectivity index (χ2v) is 6.76. The molecule has 4 amide bonds. The lowest BCUT2D eigenvalue weighted by atomic mass is 10.0. The Balaban J connectivity index is 0.000000278. The smallest absolute Gasteiger partial charge is 0.262 e. The van der Waals surface area contributed by atoms with Crippen molar-refractivity contribution in [1.82, 2.24) is 20.4 Å². The van der Waals surface area contributed by atoms with Gasteiger partial charge in [0.25, 0.3) is 11.8 Å². The number of amides is 4. The van der Waals surface area contributed by atoms with E-state index in [9.17, 15) is 19.2 Å². The Morgan fingerprint density at radius 1 is 1.21 bits per heavy atom. The molecule has 8 nitrogen and oxygen atoms in total. The maximum atomic E-state index is 12.2. The molecule has 3 rings (SSSR count). The van der Waals surface area contributed by atoms with Gasteiger partial charge in [-0.25, -0.2) is 0 Å². The first-order valence-electron chi connectivity index (χ1n) is 9.51. The van der Waals surface area contributed by atoms with Gasteiger partial charge >= 0.3 is 0 Å². The Bertz CT molecular complexity index is 800. The van der Waals surface area contributed by atoms with Gasteiger partial charge < -0.3 is 5.32 Å². The monoisotopic (exact) mass is 398 g/mol. The Morgan fingerprint density at radius 2 is 1.90 bits per heavy atom. The van der Waals surface area contributed by atoms with Crippen molar-refractivity contribution >= 4 is 23.6 Å². The van der Waals surface area contributed by atoms with Crippen LogP contribution in [0.3, 0.4) is 0 Å². The average molecular weight is 398 g/mol. The molecular weight excluding hydrogens is 372 g/mol. The first-order valence-corrected chi connectivity index (χ1v) is 9.51. The average Bonchev–Trinajstić information content (AvgIpc) is 2.91. The summed E-state index contributed by atoms with van der Waals surface area (Å²) in [6, 6.07) is -0.944. The van der Waals surface area contributed by atoms with Gasteiger partial charge in [-0.1, -0.05) is 24.7 Å². The fourth-order valence-electron chi connectivity index (χ4n) is 3.19. The van der Waals surface area contributed by atoms with Crippen molar-refractivity contribution in [2.45, 2.75) is 25.8 Å². The Labute approximate surface area is 170 Å². The molecule has 154 valence electrons. The molecule has 0 aromatic rings. The molecule has 29 heavy (non-hydrogen) atoms. The molecule has 3 fully saturated rings. The lowest BCUT2D eigenvalue weighted by molar-refractivity contribution is -0.149. The van der Waals surface area contributed by atoms with Gasteiger partial charge in [-0.3, -0.25) is 34.3 Å². The predicted molar refractivity (Wildman–Crippen MR) is 108 cm³/mol. The zero-order valence-corrected chi connectivity index (χ0v) is 16.6. The number of carbonyl (C=O) groups excluding carboxylic acids is 4. The minimum atomic E-state index is -0.944. The fourth-order valence-corrected chi connectivity index (χ4v) is 3.19. The largest absolute Gasteiger partial charge is 0.314 e. The highest BCUT2D eigenvalue weighted by atomic mass is 16.2. The third-order valence-corrected chi connectivity index (χ3v) is 4.75. The van der Waals surface area contributed by atoms with Gasteiger partial charge in [-0.05, 0) is 19.4 Å². The summed E-state index contributed by atoms with van der Waals surface area (Å²) in [6.45, 7) is 10.5. The van der Waals surface area contributed by atoms with E-state index in [0.29, 0.717) is 0 Å². The molecule has 0 aromatic carbocycles. The van der Waals surface area contributed by atoms with E-state index in [4.69, 9.17) is 6.42 Å². The maximum absolute atomic E-state index is 12.2. The number of hydrogen-bond donors (Lipinski definition) is 2. The van der Waals surface area contributed by atoms with Crippen LogP contribution in [-0.4, -0.2) is 72.2 Å². The normalized spacial score (nSPS) is 24.6. The molecule has 1 atom stereocenters. The number of nitrogens with one attached hydrogen (secondary N) is 2. The van der Waals surface area contributed by atoms with Crippen LogP contribution in [0, 0.1) is 12.3 Å². The molecule has 0 saturated carbocycles. The van der Waals surface area contributed by atoms with Crippen molar-refractivity contribution in [1.29, 1.82) is 0 Å². The molecule has 3 saturated heterocycles. The van der Waals surface area contributed by atoms with Crippen molar-refractivity contribution in [3.63, 3.8) is 0 Å². The fraction of sp³-hybridized carbons (Fsp3) is 0.429. The van der Waals surface area contributed by atoms with Crippen LogP contribution in [0.2, 0.25) is 0 Å². The summed E-state index contributed by atoms with van der Waals surface area (Å²) in [5.74, 6) is 0.487. The van der Waals surface area contributed by atoms with E-state index >= 15 is 0 Å². The van der Waals surface area contributed by atoms with Gasteiger partial charge in [0.1, 0.15) is 6.04 Å². The second-order valence-electron chi connectivity index (χ2n) is 6.76. The highest BCUT2D eigenvalue weighted by Crippen LogP contribution is 2.28. The van der Waals surface area contributed by atoms with Crippen LogP contribution >= 0.6 is 0 Å². The number of carbonyl (C=O) groups is 4. The third-order valence-electron chi connectivity index (χ3n) is 4.75. The van der Waals surface area contributed by atoms with Crippen molar-refractivity contribution in [3.05, 3.63) is 36.0 Å². The summed E-state index contributed by atoms with van der Waals surface area (Å²) in [5.41, 5.74) is 0.246.